The van der Waals surface area contributed by atoms with Gasteiger partial charge in [0.05, 0.1) is 22.5 Å². The quantitative estimate of drug-likeness (QED) is 0.171. The van der Waals surface area contributed by atoms with Gasteiger partial charge in [-0.3, -0.25) is 4.90 Å². The van der Waals surface area contributed by atoms with Gasteiger partial charge in [-0.15, -0.1) is 0 Å². The van der Waals surface area contributed by atoms with Gasteiger partial charge in [0.1, 0.15) is 17.0 Å². The van der Waals surface area contributed by atoms with E-state index in [1.54, 1.807) is 0 Å². The van der Waals surface area contributed by atoms with E-state index in [9.17, 15) is 0 Å². The lowest BCUT2D eigenvalue weighted by Crippen LogP contribution is -2.38. The van der Waals surface area contributed by atoms with Crippen LogP contribution in [0.1, 0.15) is 22.3 Å². The van der Waals surface area contributed by atoms with E-state index in [0.29, 0.717) is 0 Å². The van der Waals surface area contributed by atoms with Crippen LogP contribution in [-0.2, 0) is 5.41 Å². The van der Waals surface area contributed by atoms with E-state index in [2.05, 4.69) is 211 Å². The number of rotatable bonds is 6. The van der Waals surface area contributed by atoms with Crippen molar-refractivity contribution in [3.63, 3.8) is 0 Å². The largest absolute Gasteiger partial charge is 0.456 e. The molecule has 0 atom stereocenters. The molecule has 11 rings (SSSR count). The van der Waals surface area contributed by atoms with E-state index < -0.39 is 5.41 Å². The van der Waals surface area contributed by atoms with Crippen LogP contribution in [0.2, 0.25) is 0 Å². The maximum atomic E-state index is 6.36. The molecule has 3 nitrogen and oxygen atoms in total. The van der Waals surface area contributed by atoms with Gasteiger partial charge in [-0.1, -0.05) is 170 Å². The number of hydrogen-bond acceptors (Lipinski definition) is 3. The molecule has 268 valence electrons. The van der Waals surface area contributed by atoms with Crippen LogP contribution in [0, 0.1) is 0 Å². The van der Waals surface area contributed by atoms with Gasteiger partial charge in [0, 0.05) is 16.3 Å². The fourth-order valence-electron chi connectivity index (χ4n) is 8.99. The highest BCUT2D eigenvalue weighted by Crippen LogP contribution is 2.58. The van der Waals surface area contributed by atoms with Crippen LogP contribution < -0.4 is 4.90 Å². The number of para-hydroxylation sites is 3. The number of benzene rings is 8. The first kappa shape index (κ1) is 32.9. The van der Waals surface area contributed by atoms with Gasteiger partial charge in [0.2, 0.25) is 0 Å². The molecule has 0 spiro atoms. The summed E-state index contributed by atoms with van der Waals surface area (Å²) in [4.78, 5) is 7.82. The number of anilines is 3. The monoisotopic (exact) mass is 728 g/mol. The number of furan rings is 1. The molecule has 0 aliphatic carbocycles. The van der Waals surface area contributed by atoms with Crippen LogP contribution in [-0.4, -0.2) is 4.98 Å². The van der Waals surface area contributed by atoms with Crippen molar-refractivity contribution in [2.75, 3.05) is 4.90 Å². The summed E-state index contributed by atoms with van der Waals surface area (Å²) in [5.41, 5.74) is 14.6. The zero-order valence-electron chi connectivity index (χ0n) is 31.1. The molecule has 2 aromatic heterocycles. The van der Waals surface area contributed by atoms with Gasteiger partial charge in [0.25, 0.3) is 0 Å². The molecule has 0 saturated carbocycles. The Morgan fingerprint density at radius 1 is 0.368 bits per heavy atom. The number of nitrogens with zero attached hydrogens (tertiary/aromatic N) is 2. The second-order valence-electron chi connectivity index (χ2n) is 14.7. The predicted octanol–water partition coefficient (Wildman–Crippen LogP) is 14.1. The van der Waals surface area contributed by atoms with Crippen LogP contribution >= 0.6 is 0 Å². The molecule has 3 heterocycles. The van der Waals surface area contributed by atoms with Crippen LogP contribution in [0.15, 0.2) is 223 Å². The van der Waals surface area contributed by atoms with Crippen molar-refractivity contribution >= 4 is 39.1 Å². The number of fused-ring (bicyclic) bond motifs is 5. The zero-order valence-corrected chi connectivity index (χ0v) is 31.1. The van der Waals surface area contributed by atoms with Crippen LogP contribution in [0.25, 0.3) is 55.4 Å². The molecule has 0 amide bonds. The van der Waals surface area contributed by atoms with Crippen molar-refractivity contribution in [3.05, 3.63) is 241 Å². The second-order valence-corrected chi connectivity index (χ2v) is 14.7. The van der Waals surface area contributed by atoms with Crippen LogP contribution in [0.3, 0.4) is 0 Å². The third-order valence-electron chi connectivity index (χ3n) is 11.5. The van der Waals surface area contributed by atoms with Gasteiger partial charge >= 0.3 is 0 Å². The minimum atomic E-state index is -0.649. The summed E-state index contributed by atoms with van der Waals surface area (Å²) in [5.74, 6) is 0.865. The molecule has 1 aliphatic rings. The average molecular weight is 729 g/mol. The highest BCUT2D eigenvalue weighted by atomic mass is 16.3. The highest BCUT2D eigenvalue weighted by Gasteiger charge is 2.46. The maximum Gasteiger partial charge on any atom is 0.138 e. The maximum absolute atomic E-state index is 6.36. The predicted molar refractivity (Wildman–Crippen MR) is 234 cm³/mol. The van der Waals surface area contributed by atoms with Gasteiger partial charge in [-0.2, -0.15) is 0 Å². The van der Waals surface area contributed by atoms with Crippen molar-refractivity contribution in [2.24, 2.45) is 0 Å². The Kier molecular flexibility index (Phi) is 7.71. The molecule has 0 fully saturated rings. The standard InChI is InChI=1S/C54H36N2O/c1-4-17-37(18-5-1)41-34-48(38-19-6-2-7-20-38)55-53(36-41)56-49-28-13-11-26-46(49)54(42-22-8-3-9-23-42,47-27-12-14-29-50(47)56)43-24-16-21-39(33-43)40-31-32-45-44-25-10-15-30-51(44)57-52(45)35-40/h1-36H. The lowest BCUT2D eigenvalue weighted by Gasteiger charge is -2.46. The van der Waals surface area contributed by atoms with Gasteiger partial charge in [-0.25, -0.2) is 4.98 Å². The summed E-state index contributed by atoms with van der Waals surface area (Å²) in [6, 6.07) is 78.2. The van der Waals surface area contributed by atoms with Crippen molar-refractivity contribution in [3.8, 4) is 33.5 Å². The van der Waals surface area contributed by atoms with E-state index >= 15 is 0 Å². The molecular formula is C54H36N2O. The Morgan fingerprint density at radius 3 is 1.67 bits per heavy atom. The Hall–Kier alpha value is -7.49. The normalized spacial score (nSPS) is 13.0. The number of aromatic nitrogens is 1. The Morgan fingerprint density at radius 2 is 0.930 bits per heavy atom. The Balaban J connectivity index is 1.15. The lowest BCUT2D eigenvalue weighted by molar-refractivity contribution is 0.669. The van der Waals surface area contributed by atoms with E-state index in [1.807, 2.05) is 12.1 Å². The smallest absolute Gasteiger partial charge is 0.138 e. The summed E-state index contributed by atoms with van der Waals surface area (Å²) in [6.45, 7) is 0. The third kappa shape index (κ3) is 5.32. The number of pyridine rings is 1. The first-order chi connectivity index (χ1) is 28.3. The fraction of sp³-hybridized carbons (Fsp3) is 0.0185. The Bertz CT molecular complexity index is 2970. The van der Waals surface area contributed by atoms with E-state index in [-0.39, 0.29) is 0 Å². The summed E-state index contributed by atoms with van der Waals surface area (Å²) in [5, 5.41) is 2.26. The summed E-state index contributed by atoms with van der Waals surface area (Å²) >= 11 is 0. The Labute approximate surface area is 331 Å². The molecule has 57 heavy (non-hydrogen) atoms. The third-order valence-corrected chi connectivity index (χ3v) is 11.5. The topological polar surface area (TPSA) is 29.3 Å². The van der Waals surface area contributed by atoms with E-state index in [4.69, 9.17) is 9.40 Å². The minimum absolute atomic E-state index is 0.649. The molecule has 1 aliphatic heterocycles. The van der Waals surface area contributed by atoms with Crippen molar-refractivity contribution in [1.29, 1.82) is 0 Å². The summed E-state index contributed by atoms with van der Waals surface area (Å²) in [6.07, 6.45) is 0. The van der Waals surface area contributed by atoms with Crippen LogP contribution in [0.4, 0.5) is 17.2 Å². The molecule has 0 bridgehead atoms. The summed E-state index contributed by atoms with van der Waals surface area (Å²) < 4.78 is 6.36. The van der Waals surface area contributed by atoms with E-state index in [1.165, 1.54) is 22.3 Å². The minimum Gasteiger partial charge on any atom is -0.456 e. The molecule has 0 N–H and O–H groups in total. The van der Waals surface area contributed by atoms with Gasteiger partial charge in [0.15, 0.2) is 0 Å². The van der Waals surface area contributed by atoms with Gasteiger partial charge < -0.3 is 4.42 Å². The molecule has 0 radical (unpaired) electrons. The first-order valence-corrected chi connectivity index (χ1v) is 19.5. The zero-order chi connectivity index (χ0) is 37.8. The second kappa shape index (κ2) is 13.4. The number of hydrogen-bond donors (Lipinski definition) is 0. The molecule has 10 aromatic rings. The summed E-state index contributed by atoms with van der Waals surface area (Å²) in [7, 11) is 0. The van der Waals surface area contributed by atoms with Crippen molar-refractivity contribution in [2.45, 2.75) is 5.41 Å². The van der Waals surface area contributed by atoms with Crippen molar-refractivity contribution < 1.29 is 4.42 Å². The SMILES string of the molecule is c1ccc(-c2cc(-c3ccccc3)nc(N3c4ccccc4C(c4ccccc4)(c4cccc(-c5ccc6c(c5)oc5ccccc56)c4)c4ccccc43)c2)cc1. The molecule has 0 saturated heterocycles. The first-order valence-electron chi connectivity index (χ1n) is 19.5. The molecule has 8 aromatic carbocycles. The lowest BCUT2D eigenvalue weighted by atomic mass is 9.62. The fourth-order valence-corrected chi connectivity index (χ4v) is 8.99. The molecular weight excluding hydrogens is 693 g/mol. The van der Waals surface area contributed by atoms with E-state index in [0.717, 1.165) is 72.6 Å². The molecule has 0 unspecified atom stereocenters. The van der Waals surface area contributed by atoms with Gasteiger partial charge in [-0.05, 0) is 93.0 Å². The highest BCUT2D eigenvalue weighted by molar-refractivity contribution is 6.06. The molecule has 3 heteroatoms. The van der Waals surface area contributed by atoms with Crippen LogP contribution in [0.5, 0.6) is 0 Å². The average Bonchev–Trinajstić information content (AvgIpc) is 3.67. The van der Waals surface area contributed by atoms with Crippen molar-refractivity contribution in [1.82, 2.24) is 4.98 Å².